The fourth-order valence-corrected chi connectivity index (χ4v) is 1.47. The van der Waals surface area contributed by atoms with E-state index in [1.54, 1.807) is 0 Å². The van der Waals surface area contributed by atoms with Crippen LogP contribution in [0.4, 0.5) is 0 Å². The Labute approximate surface area is 70.7 Å². The molecule has 11 heavy (non-hydrogen) atoms. The molecular weight excluding hydrogens is 134 g/mol. The van der Waals surface area contributed by atoms with Gasteiger partial charge in [0.2, 0.25) is 0 Å². The molecule has 66 valence electrons. The van der Waals surface area contributed by atoms with Gasteiger partial charge in [-0.3, -0.25) is 0 Å². The molecule has 1 unspecified atom stereocenters. The predicted octanol–water partition coefficient (Wildman–Crippen LogP) is 2.72. The zero-order valence-electron chi connectivity index (χ0n) is 8.11. The molecular formula is C10H21N. The summed E-state index contributed by atoms with van der Waals surface area (Å²) in [6, 6.07) is 0. The third-order valence-corrected chi connectivity index (χ3v) is 2.33. The minimum absolute atomic E-state index is 0.389. The Balaban J connectivity index is 3.98. The van der Waals surface area contributed by atoms with E-state index in [4.69, 9.17) is 5.73 Å². The lowest BCUT2D eigenvalue weighted by Crippen LogP contribution is -2.20. The molecule has 0 radical (unpaired) electrons. The van der Waals surface area contributed by atoms with E-state index in [0.29, 0.717) is 5.41 Å². The Hall–Kier alpha value is -0.300. The van der Waals surface area contributed by atoms with Gasteiger partial charge in [-0.15, -0.1) is 6.58 Å². The Morgan fingerprint density at radius 1 is 1.55 bits per heavy atom. The number of rotatable bonds is 5. The van der Waals surface area contributed by atoms with Gasteiger partial charge in [0.1, 0.15) is 0 Å². The second kappa shape index (κ2) is 4.55. The number of allylic oxidation sites excluding steroid dienone is 1. The van der Waals surface area contributed by atoms with E-state index < -0.39 is 0 Å². The smallest absolute Gasteiger partial charge is 0.00720 e. The van der Waals surface area contributed by atoms with Crippen molar-refractivity contribution < 1.29 is 0 Å². The van der Waals surface area contributed by atoms with Crippen LogP contribution in [0.2, 0.25) is 0 Å². The lowest BCUT2D eigenvalue weighted by molar-refractivity contribution is 0.287. The first kappa shape index (κ1) is 10.7. The van der Waals surface area contributed by atoms with E-state index in [0.717, 1.165) is 19.4 Å². The van der Waals surface area contributed by atoms with Crippen LogP contribution in [0.15, 0.2) is 12.2 Å². The van der Waals surface area contributed by atoms with Gasteiger partial charge in [0.25, 0.3) is 0 Å². The number of nitrogens with two attached hydrogens (primary N) is 1. The first-order valence-corrected chi connectivity index (χ1v) is 4.38. The fraction of sp³-hybridized carbons (Fsp3) is 0.800. The van der Waals surface area contributed by atoms with Crippen molar-refractivity contribution in [1.82, 2.24) is 0 Å². The van der Waals surface area contributed by atoms with Crippen LogP contribution in [0, 0.1) is 5.41 Å². The standard InChI is InChI=1S/C10H21N/c1-5-10(4,6-7-11)8-9(2)3/h2,5-8,11H2,1,3-4H3. The van der Waals surface area contributed by atoms with Crippen LogP contribution in [-0.2, 0) is 0 Å². The third-order valence-electron chi connectivity index (χ3n) is 2.33. The first-order chi connectivity index (χ1) is 5.04. The maximum atomic E-state index is 5.54. The van der Waals surface area contributed by atoms with E-state index in [1.165, 1.54) is 12.0 Å². The maximum Gasteiger partial charge on any atom is -0.00720 e. The Morgan fingerprint density at radius 3 is 2.36 bits per heavy atom. The van der Waals surface area contributed by atoms with Gasteiger partial charge in [-0.05, 0) is 31.7 Å². The van der Waals surface area contributed by atoms with Gasteiger partial charge in [-0.1, -0.05) is 25.8 Å². The van der Waals surface area contributed by atoms with Gasteiger partial charge in [0.15, 0.2) is 0 Å². The minimum Gasteiger partial charge on any atom is -0.330 e. The summed E-state index contributed by atoms with van der Waals surface area (Å²) in [6.07, 6.45) is 3.41. The molecule has 0 aliphatic carbocycles. The van der Waals surface area contributed by atoms with Crippen molar-refractivity contribution in [3.8, 4) is 0 Å². The van der Waals surface area contributed by atoms with E-state index in [9.17, 15) is 0 Å². The van der Waals surface area contributed by atoms with Gasteiger partial charge in [0, 0.05) is 0 Å². The number of hydrogen-bond acceptors (Lipinski definition) is 1. The Kier molecular flexibility index (Phi) is 4.43. The van der Waals surface area contributed by atoms with Gasteiger partial charge in [0.05, 0.1) is 0 Å². The molecule has 0 aromatic carbocycles. The van der Waals surface area contributed by atoms with Gasteiger partial charge in [-0.2, -0.15) is 0 Å². The summed E-state index contributed by atoms with van der Waals surface area (Å²) >= 11 is 0. The van der Waals surface area contributed by atoms with Crippen molar-refractivity contribution in [1.29, 1.82) is 0 Å². The average molecular weight is 155 g/mol. The van der Waals surface area contributed by atoms with Crippen molar-refractivity contribution >= 4 is 0 Å². The molecule has 1 nitrogen and oxygen atoms in total. The summed E-state index contributed by atoms with van der Waals surface area (Å²) in [4.78, 5) is 0. The summed E-state index contributed by atoms with van der Waals surface area (Å²) in [5.41, 5.74) is 7.19. The molecule has 0 fully saturated rings. The van der Waals surface area contributed by atoms with Crippen molar-refractivity contribution in [2.45, 2.75) is 40.0 Å². The van der Waals surface area contributed by atoms with Crippen LogP contribution in [0.1, 0.15) is 40.0 Å². The minimum atomic E-state index is 0.389. The molecule has 0 saturated heterocycles. The monoisotopic (exact) mass is 155 g/mol. The van der Waals surface area contributed by atoms with Crippen molar-refractivity contribution in [3.63, 3.8) is 0 Å². The van der Waals surface area contributed by atoms with Crippen molar-refractivity contribution in [2.24, 2.45) is 11.1 Å². The predicted molar refractivity (Wildman–Crippen MR) is 51.5 cm³/mol. The molecule has 0 amide bonds. The van der Waals surface area contributed by atoms with Crippen LogP contribution < -0.4 is 5.73 Å². The summed E-state index contributed by atoms with van der Waals surface area (Å²) in [5, 5.41) is 0. The highest BCUT2D eigenvalue weighted by Crippen LogP contribution is 2.31. The third kappa shape index (κ3) is 4.20. The second-order valence-electron chi connectivity index (χ2n) is 3.84. The van der Waals surface area contributed by atoms with Crippen LogP contribution in [0.25, 0.3) is 0 Å². The maximum absolute atomic E-state index is 5.54. The van der Waals surface area contributed by atoms with Gasteiger partial charge in [-0.25, -0.2) is 0 Å². The molecule has 1 atom stereocenters. The zero-order chi connectivity index (χ0) is 8.91. The van der Waals surface area contributed by atoms with E-state index in [-0.39, 0.29) is 0 Å². The fourth-order valence-electron chi connectivity index (χ4n) is 1.47. The topological polar surface area (TPSA) is 26.0 Å². The lowest BCUT2D eigenvalue weighted by Gasteiger charge is -2.27. The quantitative estimate of drug-likeness (QED) is 0.607. The van der Waals surface area contributed by atoms with E-state index in [1.807, 2.05) is 0 Å². The van der Waals surface area contributed by atoms with E-state index >= 15 is 0 Å². The molecule has 0 aliphatic heterocycles. The first-order valence-electron chi connectivity index (χ1n) is 4.38. The molecule has 0 aromatic rings. The average Bonchev–Trinajstić information content (AvgIpc) is 1.87. The Morgan fingerprint density at radius 2 is 2.09 bits per heavy atom. The summed E-state index contributed by atoms with van der Waals surface area (Å²) < 4.78 is 0. The van der Waals surface area contributed by atoms with Crippen molar-refractivity contribution in [2.75, 3.05) is 6.54 Å². The van der Waals surface area contributed by atoms with Crippen molar-refractivity contribution in [3.05, 3.63) is 12.2 Å². The molecule has 2 N–H and O–H groups in total. The lowest BCUT2D eigenvalue weighted by atomic mass is 9.79. The molecule has 0 saturated carbocycles. The molecule has 0 aliphatic rings. The van der Waals surface area contributed by atoms with Crippen LogP contribution in [0.5, 0.6) is 0 Å². The second-order valence-corrected chi connectivity index (χ2v) is 3.84. The van der Waals surface area contributed by atoms with Gasteiger partial charge < -0.3 is 5.73 Å². The van der Waals surface area contributed by atoms with Gasteiger partial charge >= 0.3 is 0 Å². The Bertz CT molecular complexity index is 129. The van der Waals surface area contributed by atoms with E-state index in [2.05, 4.69) is 27.4 Å². The molecule has 0 spiro atoms. The highest BCUT2D eigenvalue weighted by molar-refractivity contribution is 4.94. The molecule has 0 aromatic heterocycles. The summed E-state index contributed by atoms with van der Waals surface area (Å²) in [6.45, 7) is 11.3. The SMILES string of the molecule is C=C(C)CC(C)(CC)CCN. The number of hydrogen-bond donors (Lipinski definition) is 1. The molecule has 0 heterocycles. The zero-order valence-corrected chi connectivity index (χ0v) is 8.11. The largest absolute Gasteiger partial charge is 0.330 e. The van der Waals surface area contributed by atoms with Crippen LogP contribution in [0.3, 0.4) is 0 Å². The van der Waals surface area contributed by atoms with Crippen LogP contribution in [-0.4, -0.2) is 6.54 Å². The summed E-state index contributed by atoms with van der Waals surface area (Å²) in [5.74, 6) is 0. The highest BCUT2D eigenvalue weighted by atomic mass is 14.5. The highest BCUT2D eigenvalue weighted by Gasteiger charge is 2.20. The molecule has 0 rings (SSSR count). The summed E-state index contributed by atoms with van der Waals surface area (Å²) in [7, 11) is 0. The molecule has 1 heteroatoms. The molecule has 0 bridgehead atoms. The normalized spacial score (nSPS) is 16.0. The van der Waals surface area contributed by atoms with Crippen LogP contribution >= 0.6 is 0 Å².